The van der Waals surface area contributed by atoms with E-state index in [0.717, 1.165) is 25.6 Å². The second-order valence-corrected chi connectivity index (χ2v) is 6.06. The van der Waals surface area contributed by atoms with Gasteiger partial charge in [-0.25, -0.2) is 0 Å². The third-order valence-electron chi connectivity index (χ3n) is 4.03. The first kappa shape index (κ1) is 14.5. The van der Waals surface area contributed by atoms with E-state index in [1.807, 2.05) is 16.9 Å². The molecule has 2 atom stereocenters. The molecule has 2 heterocycles. The first-order valence-corrected chi connectivity index (χ1v) is 7.64. The van der Waals surface area contributed by atoms with Crippen LogP contribution in [0.1, 0.15) is 33.6 Å². The fraction of sp³-hybridized carbons (Fsp3) is 0.800. The van der Waals surface area contributed by atoms with Crippen LogP contribution in [-0.2, 0) is 6.54 Å². The minimum Gasteiger partial charge on any atom is -0.311 e. The summed E-state index contributed by atoms with van der Waals surface area (Å²) in [6.07, 6.45) is 6.41. The maximum absolute atomic E-state index is 4.30. The average Bonchev–Trinajstić information content (AvgIpc) is 2.90. The summed E-state index contributed by atoms with van der Waals surface area (Å²) in [6.45, 7) is 11.3. The van der Waals surface area contributed by atoms with Gasteiger partial charge in [0, 0.05) is 44.1 Å². The van der Waals surface area contributed by atoms with Crippen molar-refractivity contribution < 1.29 is 0 Å². The van der Waals surface area contributed by atoms with Crippen LogP contribution in [0.3, 0.4) is 0 Å². The molecule has 0 amide bonds. The fourth-order valence-corrected chi connectivity index (χ4v) is 2.92. The zero-order chi connectivity index (χ0) is 13.7. The second kappa shape index (κ2) is 7.06. The van der Waals surface area contributed by atoms with Crippen molar-refractivity contribution in [3.05, 3.63) is 18.5 Å². The van der Waals surface area contributed by atoms with Crippen LogP contribution < -0.4 is 5.32 Å². The van der Waals surface area contributed by atoms with Gasteiger partial charge in [0.05, 0.1) is 6.54 Å². The second-order valence-electron chi connectivity index (χ2n) is 6.06. The standard InChI is InChI=1S/C15H28N4/c1-4-14-12-18(8-9-19-7-5-6-17-19)15(11-16-14)10-13(2)3/h5-7,13-16H,4,8-12H2,1-3H3. The zero-order valence-electron chi connectivity index (χ0n) is 12.5. The van der Waals surface area contributed by atoms with Gasteiger partial charge in [0.15, 0.2) is 0 Å². The van der Waals surface area contributed by atoms with Crippen molar-refractivity contribution in [2.24, 2.45) is 5.92 Å². The van der Waals surface area contributed by atoms with Gasteiger partial charge in [-0.05, 0) is 24.8 Å². The molecule has 1 saturated heterocycles. The van der Waals surface area contributed by atoms with Crippen molar-refractivity contribution in [1.29, 1.82) is 0 Å². The Kier molecular flexibility index (Phi) is 5.40. The lowest BCUT2D eigenvalue weighted by Crippen LogP contribution is -2.57. The van der Waals surface area contributed by atoms with Crippen molar-refractivity contribution in [3.8, 4) is 0 Å². The molecular formula is C15H28N4. The smallest absolute Gasteiger partial charge is 0.0536 e. The number of nitrogens with zero attached hydrogens (tertiary/aromatic N) is 3. The Morgan fingerprint density at radius 1 is 1.37 bits per heavy atom. The van der Waals surface area contributed by atoms with Gasteiger partial charge in [-0.15, -0.1) is 0 Å². The van der Waals surface area contributed by atoms with Crippen LogP contribution in [0.4, 0.5) is 0 Å². The summed E-state index contributed by atoms with van der Waals surface area (Å²) in [6, 6.07) is 3.33. The molecule has 19 heavy (non-hydrogen) atoms. The summed E-state index contributed by atoms with van der Waals surface area (Å²) in [5.74, 6) is 0.761. The van der Waals surface area contributed by atoms with E-state index < -0.39 is 0 Å². The highest BCUT2D eigenvalue weighted by atomic mass is 15.3. The highest BCUT2D eigenvalue weighted by molar-refractivity contribution is 4.86. The van der Waals surface area contributed by atoms with E-state index >= 15 is 0 Å². The van der Waals surface area contributed by atoms with E-state index in [4.69, 9.17) is 0 Å². The molecule has 1 aromatic rings. The SMILES string of the molecule is CCC1CN(CCn2cccn2)C(CC(C)C)CN1. The molecular weight excluding hydrogens is 236 g/mol. The van der Waals surface area contributed by atoms with Crippen LogP contribution in [0, 0.1) is 5.92 Å². The highest BCUT2D eigenvalue weighted by Crippen LogP contribution is 2.16. The first-order chi connectivity index (χ1) is 9.19. The highest BCUT2D eigenvalue weighted by Gasteiger charge is 2.27. The predicted molar refractivity (Wildman–Crippen MR) is 79.1 cm³/mol. The van der Waals surface area contributed by atoms with Gasteiger partial charge in [0.2, 0.25) is 0 Å². The molecule has 4 heteroatoms. The number of piperazine rings is 1. The third-order valence-corrected chi connectivity index (χ3v) is 4.03. The summed E-state index contributed by atoms with van der Waals surface area (Å²) in [5.41, 5.74) is 0. The Bertz CT molecular complexity index is 347. The van der Waals surface area contributed by atoms with Gasteiger partial charge in [0.1, 0.15) is 0 Å². The zero-order valence-corrected chi connectivity index (χ0v) is 12.5. The number of aromatic nitrogens is 2. The fourth-order valence-electron chi connectivity index (χ4n) is 2.92. The lowest BCUT2D eigenvalue weighted by Gasteiger charge is -2.41. The molecule has 0 aromatic carbocycles. The molecule has 4 nitrogen and oxygen atoms in total. The predicted octanol–water partition coefficient (Wildman–Crippen LogP) is 1.98. The van der Waals surface area contributed by atoms with Gasteiger partial charge in [-0.2, -0.15) is 5.10 Å². The molecule has 0 aliphatic carbocycles. The Balaban J connectivity index is 1.90. The van der Waals surface area contributed by atoms with Gasteiger partial charge in [-0.1, -0.05) is 20.8 Å². The average molecular weight is 264 g/mol. The molecule has 1 aliphatic heterocycles. The van der Waals surface area contributed by atoms with Gasteiger partial charge in [0.25, 0.3) is 0 Å². The molecule has 2 unspecified atom stereocenters. The molecule has 1 aliphatic rings. The van der Waals surface area contributed by atoms with Crippen LogP contribution in [0.15, 0.2) is 18.5 Å². The van der Waals surface area contributed by atoms with Crippen LogP contribution in [0.5, 0.6) is 0 Å². The van der Waals surface area contributed by atoms with E-state index in [9.17, 15) is 0 Å². The van der Waals surface area contributed by atoms with Gasteiger partial charge in [-0.3, -0.25) is 9.58 Å². The Morgan fingerprint density at radius 3 is 2.84 bits per heavy atom. The Hall–Kier alpha value is -0.870. The molecule has 0 saturated carbocycles. The van der Waals surface area contributed by atoms with E-state index in [0.29, 0.717) is 12.1 Å². The van der Waals surface area contributed by atoms with Crippen molar-refractivity contribution in [1.82, 2.24) is 20.0 Å². The minimum atomic E-state index is 0.654. The van der Waals surface area contributed by atoms with Crippen molar-refractivity contribution in [2.75, 3.05) is 19.6 Å². The number of hydrogen-bond acceptors (Lipinski definition) is 3. The van der Waals surface area contributed by atoms with Crippen molar-refractivity contribution in [2.45, 2.75) is 52.2 Å². The van der Waals surface area contributed by atoms with E-state index in [1.54, 1.807) is 0 Å². The number of nitrogens with one attached hydrogen (secondary N) is 1. The number of hydrogen-bond donors (Lipinski definition) is 1. The van der Waals surface area contributed by atoms with Gasteiger partial charge < -0.3 is 5.32 Å². The minimum absolute atomic E-state index is 0.654. The van der Waals surface area contributed by atoms with Crippen molar-refractivity contribution in [3.63, 3.8) is 0 Å². The summed E-state index contributed by atoms with van der Waals surface area (Å²) in [5, 5.41) is 7.98. The van der Waals surface area contributed by atoms with Gasteiger partial charge >= 0.3 is 0 Å². The number of rotatable bonds is 6. The quantitative estimate of drug-likeness (QED) is 0.853. The third kappa shape index (κ3) is 4.32. The summed E-state index contributed by atoms with van der Waals surface area (Å²) in [7, 11) is 0. The van der Waals surface area contributed by atoms with Crippen LogP contribution in [0.2, 0.25) is 0 Å². The lowest BCUT2D eigenvalue weighted by molar-refractivity contribution is 0.107. The Labute approximate surface area is 117 Å². The maximum Gasteiger partial charge on any atom is 0.0536 e. The Morgan fingerprint density at radius 2 is 2.21 bits per heavy atom. The van der Waals surface area contributed by atoms with E-state index in [-0.39, 0.29) is 0 Å². The monoisotopic (exact) mass is 264 g/mol. The van der Waals surface area contributed by atoms with E-state index in [1.165, 1.54) is 19.4 Å². The first-order valence-electron chi connectivity index (χ1n) is 7.64. The molecule has 0 radical (unpaired) electrons. The lowest BCUT2D eigenvalue weighted by atomic mass is 9.98. The largest absolute Gasteiger partial charge is 0.311 e. The van der Waals surface area contributed by atoms with Crippen molar-refractivity contribution >= 4 is 0 Å². The summed E-state index contributed by atoms with van der Waals surface area (Å²) >= 11 is 0. The normalized spacial score (nSPS) is 25.1. The molecule has 1 N–H and O–H groups in total. The molecule has 1 aromatic heterocycles. The summed E-state index contributed by atoms with van der Waals surface area (Å²) in [4.78, 5) is 2.66. The summed E-state index contributed by atoms with van der Waals surface area (Å²) < 4.78 is 2.04. The molecule has 0 bridgehead atoms. The van der Waals surface area contributed by atoms with Crippen LogP contribution in [-0.4, -0.2) is 46.4 Å². The topological polar surface area (TPSA) is 33.1 Å². The van der Waals surface area contributed by atoms with Crippen LogP contribution >= 0.6 is 0 Å². The van der Waals surface area contributed by atoms with E-state index in [2.05, 4.69) is 42.3 Å². The van der Waals surface area contributed by atoms with Crippen LogP contribution in [0.25, 0.3) is 0 Å². The molecule has 0 spiro atoms. The molecule has 2 rings (SSSR count). The molecule has 1 fully saturated rings. The molecule has 108 valence electrons. The maximum atomic E-state index is 4.30.